The van der Waals surface area contributed by atoms with E-state index in [-0.39, 0.29) is 4.90 Å². The van der Waals surface area contributed by atoms with E-state index in [4.69, 9.17) is 5.73 Å². The molecule has 0 saturated carbocycles. The van der Waals surface area contributed by atoms with Crippen molar-refractivity contribution in [3.8, 4) is 0 Å². The summed E-state index contributed by atoms with van der Waals surface area (Å²) in [6.45, 7) is 1.50. The Morgan fingerprint density at radius 3 is 2.29 bits per heavy atom. The molecule has 6 heteroatoms. The Balaban J connectivity index is 2.99. The standard InChI is InChI=1S/C8H11FN2O2S/c1-6(10)11-14(12,13)8-4-2-7(9)3-5-8/h2-6,11H,10H2,1H3. The van der Waals surface area contributed by atoms with E-state index in [1.54, 1.807) is 0 Å². The largest absolute Gasteiger partial charge is 0.315 e. The van der Waals surface area contributed by atoms with Crippen LogP contribution in [0.4, 0.5) is 4.39 Å². The summed E-state index contributed by atoms with van der Waals surface area (Å²) < 4.78 is 37.6. The van der Waals surface area contributed by atoms with E-state index in [1.165, 1.54) is 19.1 Å². The van der Waals surface area contributed by atoms with Gasteiger partial charge in [-0.3, -0.25) is 0 Å². The first-order valence-electron chi connectivity index (χ1n) is 3.95. The predicted octanol–water partition coefficient (Wildman–Crippen LogP) is 0.409. The second-order valence-electron chi connectivity index (χ2n) is 2.86. The third kappa shape index (κ3) is 2.76. The van der Waals surface area contributed by atoms with Gasteiger partial charge < -0.3 is 5.73 Å². The number of halogens is 1. The first-order valence-corrected chi connectivity index (χ1v) is 5.43. The average molecular weight is 218 g/mol. The quantitative estimate of drug-likeness (QED) is 0.722. The van der Waals surface area contributed by atoms with Crippen LogP contribution in [-0.2, 0) is 10.0 Å². The molecule has 1 aromatic rings. The van der Waals surface area contributed by atoms with Crippen LogP contribution in [0.25, 0.3) is 0 Å². The predicted molar refractivity (Wildman–Crippen MR) is 50.4 cm³/mol. The third-order valence-electron chi connectivity index (χ3n) is 1.46. The van der Waals surface area contributed by atoms with Gasteiger partial charge in [-0.1, -0.05) is 0 Å². The first-order chi connectivity index (χ1) is 6.42. The zero-order valence-corrected chi connectivity index (χ0v) is 8.38. The Morgan fingerprint density at radius 2 is 1.86 bits per heavy atom. The highest BCUT2D eigenvalue weighted by atomic mass is 32.2. The number of rotatable bonds is 3. The van der Waals surface area contributed by atoms with E-state index in [9.17, 15) is 12.8 Å². The summed E-state index contributed by atoms with van der Waals surface area (Å²) in [4.78, 5) is -0.00352. The lowest BCUT2D eigenvalue weighted by Crippen LogP contribution is -2.38. The Hall–Kier alpha value is -0.980. The summed E-state index contributed by atoms with van der Waals surface area (Å²) in [5.41, 5.74) is 5.28. The van der Waals surface area contributed by atoms with E-state index < -0.39 is 22.0 Å². The van der Waals surface area contributed by atoms with E-state index in [0.717, 1.165) is 12.1 Å². The maximum absolute atomic E-state index is 12.5. The van der Waals surface area contributed by atoms with Crippen molar-refractivity contribution >= 4 is 10.0 Å². The minimum absolute atomic E-state index is 0.00352. The summed E-state index contributed by atoms with van der Waals surface area (Å²) in [5.74, 6) is -0.482. The number of hydrogen-bond donors (Lipinski definition) is 2. The van der Waals surface area contributed by atoms with Crippen LogP contribution in [0.2, 0.25) is 0 Å². The lowest BCUT2D eigenvalue weighted by molar-refractivity contribution is 0.565. The van der Waals surface area contributed by atoms with Crippen molar-refractivity contribution in [3.05, 3.63) is 30.1 Å². The molecule has 0 radical (unpaired) electrons. The molecule has 0 bridgehead atoms. The Kier molecular flexibility index (Phi) is 3.20. The fourth-order valence-electron chi connectivity index (χ4n) is 0.927. The van der Waals surface area contributed by atoms with Crippen molar-refractivity contribution in [2.45, 2.75) is 18.0 Å². The molecule has 0 fully saturated rings. The third-order valence-corrected chi connectivity index (χ3v) is 3.04. The van der Waals surface area contributed by atoms with Gasteiger partial charge in [-0.2, -0.15) is 4.72 Å². The zero-order chi connectivity index (χ0) is 10.8. The van der Waals surface area contributed by atoms with Gasteiger partial charge in [0.1, 0.15) is 5.82 Å². The van der Waals surface area contributed by atoms with Crippen molar-refractivity contribution in [2.24, 2.45) is 5.73 Å². The van der Waals surface area contributed by atoms with Crippen LogP contribution >= 0.6 is 0 Å². The van der Waals surface area contributed by atoms with Crippen LogP contribution in [-0.4, -0.2) is 14.6 Å². The summed E-state index contributed by atoms with van der Waals surface area (Å²) in [6.07, 6.45) is -0.676. The van der Waals surface area contributed by atoms with E-state index in [1.807, 2.05) is 0 Å². The van der Waals surface area contributed by atoms with Gasteiger partial charge in [0.05, 0.1) is 11.1 Å². The van der Waals surface area contributed by atoms with Gasteiger partial charge in [0.15, 0.2) is 0 Å². The fraction of sp³-hybridized carbons (Fsp3) is 0.250. The van der Waals surface area contributed by atoms with Crippen LogP contribution in [0.5, 0.6) is 0 Å². The van der Waals surface area contributed by atoms with Crippen LogP contribution in [0.1, 0.15) is 6.92 Å². The number of sulfonamides is 1. The molecule has 14 heavy (non-hydrogen) atoms. The molecule has 0 heterocycles. The normalized spacial score (nSPS) is 13.9. The van der Waals surface area contributed by atoms with Crippen LogP contribution < -0.4 is 10.5 Å². The number of hydrogen-bond acceptors (Lipinski definition) is 3. The highest BCUT2D eigenvalue weighted by molar-refractivity contribution is 7.89. The molecule has 0 saturated heterocycles. The van der Waals surface area contributed by atoms with Crippen molar-refractivity contribution in [1.82, 2.24) is 4.72 Å². The van der Waals surface area contributed by atoms with Gasteiger partial charge in [-0.25, -0.2) is 12.8 Å². The Bertz CT molecular complexity index is 400. The average Bonchev–Trinajstić information content (AvgIpc) is 2.02. The lowest BCUT2D eigenvalue weighted by Gasteiger charge is -2.08. The van der Waals surface area contributed by atoms with Gasteiger partial charge in [0, 0.05) is 0 Å². The van der Waals surface area contributed by atoms with Gasteiger partial charge in [-0.05, 0) is 31.2 Å². The highest BCUT2D eigenvalue weighted by Gasteiger charge is 2.14. The maximum Gasteiger partial charge on any atom is 0.241 e. The van der Waals surface area contributed by atoms with E-state index >= 15 is 0 Å². The molecule has 0 amide bonds. The van der Waals surface area contributed by atoms with Crippen molar-refractivity contribution < 1.29 is 12.8 Å². The van der Waals surface area contributed by atoms with Gasteiger partial charge in [0.2, 0.25) is 10.0 Å². The number of nitrogens with one attached hydrogen (secondary N) is 1. The molecule has 78 valence electrons. The SMILES string of the molecule is CC(N)NS(=O)(=O)c1ccc(F)cc1. The Morgan fingerprint density at radius 1 is 1.36 bits per heavy atom. The van der Waals surface area contributed by atoms with Gasteiger partial charge in [0.25, 0.3) is 0 Å². The molecule has 0 aromatic heterocycles. The van der Waals surface area contributed by atoms with Crippen molar-refractivity contribution in [1.29, 1.82) is 0 Å². The van der Waals surface area contributed by atoms with E-state index in [0.29, 0.717) is 0 Å². The van der Waals surface area contributed by atoms with Crippen molar-refractivity contribution in [2.75, 3.05) is 0 Å². The smallest absolute Gasteiger partial charge is 0.241 e. The number of nitrogens with two attached hydrogens (primary N) is 1. The Labute approximate surface area is 82.0 Å². The van der Waals surface area contributed by atoms with Crippen LogP contribution in [0.3, 0.4) is 0 Å². The molecule has 1 aromatic carbocycles. The van der Waals surface area contributed by atoms with Gasteiger partial charge >= 0.3 is 0 Å². The maximum atomic E-state index is 12.5. The van der Waals surface area contributed by atoms with E-state index in [2.05, 4.69) is 4.72 Å². The summed E-state index contributed by atoms with van der Waals surface area (Å²) in [5, 5.41) is 0. The molecule has 1 atom stereocenters. The fourth-order valence-corrected chi connectivity index (χ4v) is 2.05. The van der Waals surface area contributed by atoms with Gasteiger partial charge in [-0.15, -0.1) is 0 Å². The molecule has 0 aliphatic rings. The second kappa shape index (κ2) is 4.04. The second-order valence-corrected chi connectivity index (χ2v) is 4.58. The minimum atomic E-state index is -3.62. The highest BCUT2D eigenvalue weighted by Crippen LogP contribution is 2.09. The summed E-state index contributed by atoms with van der Waals surface area (Å²) in [6, 6.07) is 4.52. The topological polar surface area (TPSA) is 72.2 Å². The van der Waals surface area contributed by atoms with Crippen molar-refractivity contribution in [3.63, 3.8) is 0 Å². The minimum Gasteiger partial charge on any atom is -0.315 e. The summed E-state index contributed by atoms with van der Waals surface area (Å²) in [7, 11) is -3.62. The van der Waals surface area contributed by atoms with Crippen LogP contribution in [0.15, 0.2) is 29.2 Å². The number of benzene rings is 1. The summed E-state index contributed by atoms with van der Waals surface area (Å²) >= 11 is 0. The first kappa shape index (κ1) is 11.1. The molecule has 0 aliphatic carbocycles. The molecule has 1 unspecified atom stereocenters. The molecule has 0 spiro atoms. The monoisotopic (exact) mass is 218 g/mol. The van der Waals surface area contributed by atoms with Crippen LogP contribution in [0, 0.1) is 5.82 Å². The molecule has 4 nitrogen and oxygen atoms in total. The zero-order valence-electron chi connectivity index (χ0n) is 7.57. The molecule has 3 N–H and O–H groups in total. The molecule has 0 aliphatic heterocycles. The molecular formula is C8H11FN2O2S. The lowest BCUT2D eigenvalue weighted by atomic mass is 10.4. The molecule has 1 rings (SSSR count). The molecular weight excluding hydrogens is 207 g/mol.